The maximum atomic E-state index is 6.07. The lowest BCUT2D eigenvalue weighted by molar-refractivity contribution is 0.600. The van der Waals surface area contributed by atoms with Crippen molar-refractivity contribution in [3.8, 4) is 11.1 Å². The van der Waals surface area contributed by atoms with Crippen molar-refractivity contribution in [1.29, 1.82) is 0 Å². The van der Waals surface area contributed by atoms with E-state index in [0.717, 1.165) is 19.3 Å². The van der Waals surface area contributed by atoms with Gasteiger partial charge in [-0.15, -0.1) is 12.4 Å². The second-order valence-electron chi connectivity index (χ2n) is 4.82. The molecule has 0 fully saturated rings. The van der Waals surface area contributed by atoms with E-state index in [9.17, 15) is 0 Å². The number of halogens is 1. The molecule has 1 unspecified atom stereocenters. The molecule has 0 aliphatic rings. The van der Waals surface area contributed by atoms with Crippen molar-refractivity contribution in [2.45, 2.75) is 32.2 Å². The zero-order chi connectivity index (χ0) is 12.8. The summed E-state index contributed by atoms with van der Waals surface area (Å²) in [6.07, 6.45) is 3.23. The van der Waals surface area contributed by atoms with Gasteiger partial charge in [0.05, 0.1) is 0 Å². The Morgan fingerprint density at radius 2 is 1.47 bits per heavy atom. The average molecular weight is 276 g/mol. The monoisotopic (exact) mass is 275 g/mol. The van der Waals surface area contributed by atoms with Crippen LogP contribution in [0.15, 0.2) is 54.6 Å². The number of rotatable bonds is 5. The van der Waals surface area contributed by atoms with E-state index in [-0.39, 0.29) is 18.4 Å². The molecular formula is C17H22ClN. The number of hydrogen-bond donors (Lipinski definition) is 1. The molecule has 0 heterocycles. The van der Waals surface area contributed by atoms with Crippen LogP contribution in [-0.2, 0) is 6.42 Å². The quantitative estimate of drug-likeness (QED) is 0.857. The highest BCUT2D eigenvalue weighted by molar-refractivity contribution is 5.85. The molecule has 2 rings (SSSR count). The van der Waals surface area contributed by atoms with Gasteiger partial charge in [-0.25, -0.2) is 0 Å². The molecule has 2 N–H and O–H groups in total. The van der Waals surface area contributed by atoms with Crippen molar-refractivity contribution in [2.75, 3.05) is 0 Å². The van der Waals surface area contributed by atoms with E-state index in [2.05, 4.69) is 55.5 Å². The second kappa shape index (κ2) is 7.98. The average Bonchev–Trinajstić information content (AvgIpc) is 2.41. The molecule has 2 heteroatoms. The Balaban J connectivity index is 0.00000180. The Morgan fingerprint density at radius 3 is 2.05 bits per heavy atom. The van der Waals surface area contributed by atoms with Crippen LogP contribution in [0, 0.1) is 0 Å². The highest BCUT2D eigenvalue weighted by Crippen LogP contribution is 2.19. The second-order valence-corrected chi connectivity index (χ2v) is 4.82. The van der Waals surface area contributed by atoms with Crippen LogP contribution in [0.3, 0.4) is 0 Å². The maximum Gasteiger partial charge on any atom is 0.00792 e. The van der Waals surface area contributed by atoms with Gasteiger partial charge in [-0.05, 0) is 29.5 Å². The molecule has 0 aliphatic heterocycles. The molecule has 0 saturated carbocycles. The highest BCUT2D eigenvalue weighted by Gasteiger charge is 2.03. The van der Waals surface area contributed by atoms with Gasteiger partial charge in [-0.2, -0.15) is 0 Å². The van der Waals surface area contributed by atoms with E-state index < -0.39 is 0 Å². The van der Waals surface area contributed by atoms with Crippen LogP contribution in [0.2, 0.25) is 0 Å². The van der Waals surface area contributed by atoms with Gasteiger partial charge < -0.3 is 5.73 Å². The molecule has 0 radical (unpaired) electrons. The summed E-state index contributed by atoms with van der Waals surface area (Å²) in [7, 11) is 0. The summed E-state index contributed by atoms with van der Waals surface area (Å²) in [5, 5.41) is 0. The van der Waals surface area contributed by atoms with Crippen LogP contribution in [0.1, 0.15) is 25.3 Å². The normalized spacial score (nSPS) is 11.7. The minimum absolute atomic E-state index is 0. The fourth-order valence-corrected chi connectivity index (χ4v) is 2.24. The van der Waals surface area contributed by atoms with Gasteiger partial charge in [0.25, 0.3) is 0 Å². The summed E-state index contributed by atoms with van der Waals surface area (Å²) >= 11 is 0. The molecule has 1 nitrogen and oxygen atoms in total. The Hall–Kier alpha value is -1.31. The smallest absolute Gasteiger partial charge is 0.00792 e. The molecule has 0 aromatic heterocycles. The number of benzene rings is 2. The first-order chi connectivity index (χ1) is 8.79. The summed E-state index contributed by atoms with van der Waals surface area (Å²) in [6.45, 7) is 2.18. The molecule has 0 amide bonds. The number of hydrogen-bond acceptors (Lipinski definition) is 1. The Kier molecular flexibility index (Phi) is 6.61. The lowest BCUT2D eigenvalue weighted by Crippen LogP contribution is -2.22. The standard InChI is InChI=1S/C17H21N.ClH/c1-2-6-17(18)13-14-9-11-16(12-10-14)15-7-4-3-5-8-15;/h3-5,7-12,17H,2,6,13,18H2,1H3;1H. The molecule has 19 heavy (non-hydrogen) atoms. The first-order valence-electron chi connectivity index (χ1n) is 6.69. The van der Waals surface area contributed by atoms with Crippen LogP contribution in [0.25, 0.3) is 11.1 Å². The molecule has 1 atom stereocenters. The van der Waals surface area contributed by atoms with E-state index >= 15 is 0 Å². The first-order valence-corrected chi connectivity index (χ1v) is 6.69. The highest BCUT2D eigenvalue weighted by atomic mass is 35.5. The van der Waals surface area contributed by atoms with Crippen molar-refractivity contribution in [2.24, 2.45) is 5.73 Å². The fraction of sp³-hybridized carbons (Fsp3) is 0.294. The van der Waals surface area contributed by atoms with Crippen molar-refractivity contribution in [3.05, 3.63) is 60.2 Å². The van der Waals surface area contributed by atoms with Gasteiger partial charge in [0.15, 0.2) is 0 Å². The van der Waals surface area contributed by atoms with Crippen LogP contribution in [-0.4, -0.2) is 6.04 Å². The molecule has 2 aromatic carbocycles. The van der Waals surface area contributed by atoms with Crippen LogP contribution in [0.5, 0.6) is 0 Å². The SMILES string of the molecule is CCCC(N)Cc1ccc(-c2ccccc2)cc1.Cl. The Labute approximate surface area is 122 Å². The largest absolute Gasteiger partial charge is 0.327 e. The van der Waals surface area contributed by atoms with Gasteiger partial charge in [0, 0.05) is 6.04 Å². The number of nitrogens with two attached hydrogens (primary N) is 1. The van der Waals surface area contributed by atoms with E-state index in [1.54, 1.807) is 0 Å². The van der Waals surface area contributed by atoms with E-state index in [1.807, 2.05) is 6.07 Å². The van der Waals surface area contributed by atoms with E-state index in [1.165, 1.54) is 16.7 Å². The van der Waals surface area contributed by atoms with Crippen molar-refractivity contribution in [1.82, 2.24) is 0 Å². The van der Waals surface area contributed by atoms with Crippen molar-refractivity contribution >= 4 is 12.4 Å². The van der Waals surface area contributed by atoms with Gasteiger partial charge >= 0.3 is 0 Å². The Bertz CT molecular complexity index is 464. The molecule has 0 aliphatic carbocycles. The predicted molar refractivity (Wildman–Crippen MR) is 85.7 cm³/mol. The van der Waals surface area contributed by atoms with Crippen LogP contribution >= 0.6 is 12.4 Å². The third kappa shape index (κ3) is 4.70. The van der Waals surface area contributed by atoms with Gasteiger partial charge in [-0.1, -0.05) is 67.9 Å². The van der Waals surface area contributed by atoms with E-state index in [0.29, 0.717) is 0 Å². The lowest BCUT2D eigenvalue weighted by atomic mass is 9.99. The first kappa shape index (κ1) is 15.7. The summed E-state index contributed by atoms with van der Waals surface area (Å²) < 4.78 is 0. The summed E-state index contributed by atoms with van der Waals surface area (Å²) in [4.78, 5) is 0. The molecule has 0 spiro atoms. The zero-order valence-corrected chi connectivity index (χ0v) is 12.2. The van der Waals surface area contributed by atoms with Crippen molar-refractivity contribution in [3.63, 3.8) is 0 Å². The molecule has 0 saturated heterocycles. The van der Waals surface area contributed by atoms with Crippen LogP contribution < -0.4 is 5.73 Å². The zero-order valence-electron chi connectivity index (χ0n) is 11.4. The van der Waals surface area contributed by atoms with Gasteiger partial charge in [0.1, 0.15) is 0 Å². The minimum atomic E-state index is 0. The molecule has 102 valence electrons. The van der Waals surface area contributed by atoms with Crippen molar-refractivity contribution < 1.29 is 0 Å². The maximum absolute atomic E-state index is 6.07. The lowest BCUT2D eigenvalue weighted by Gasteiger charge is -2.10. The molecular weight excluding hydrogens is 254 g/mol. The predicted octanol–water partition coefficient (Wildman–Crippen LogP) is 4.45. The van der Waals surface area contributed by atoms with E-state index in [4.69, 9.17) is 5.73 Å². The van der Waals surface area contributed by atoms with Gasteiger partial charge in [0.2, 0.25) is 0 Å². The molecule has 0 bridgehead atoms. The summed E-state index contributed by atoms with van der Waals surface area (Å²) in [6, 6.07) is 19.5. The van der Waals surface area contributed by atoms with Crippen LogP contribution in [0.4, 0.5) is 0 Å². The summed E-state index contributed by atoms with van der Waals surface area (Å²) in [5.74, 6) is 0. The van der Waals surface area contributed by atoms with Gasteiger partial charge in [-0.3, -0.25) is 0 Å². The minimum Gasteiger partial charge on any atom is -0.327 e. The Morgan fingerprint density at radius 1 is 0.895 bits per heavy atom. The molecule has 2 aromatic rings. The summed E-state index contributed by atoms with van der Waals surface area (Å²) in [5.41, 5.74) is 9.93. The third-order valence-corrected chi connectivity index (χ3v) is 3.22. The third-order valence-electron chi connectivity index (χ3n) is 3.22. The topological polar surface area (TPSA) is 26.0 Å². The fourth-order valence-electron chi connectivity index (χ4n) is 2.24.